The fourth-order valence-electron chi connectivity index (χ4n) is 4.86. The summed E-state index contributed by atoms with van der Waals surface area (Å²) in [4.78, 5) is 11.3. The molecule has 1 aliphatic heterocycles. The molecule has 10 nitrogen and oxygen atoms in total. The fourth-order valence-corrected chi connectivity index (χ4v) is 4.86. The zero-order chi connectivity index (χ0) is 28.5. The second-order valence-electron chi connectivity index (χ2n) is 10.3. The molecule has 0 fully saturated rings. The Hall–Kier alpha value is -4.34. The predicted molar refractivity (Wildman–Crippen MR) is 169 cm³/mol. The Morgan fingerprint density at radius 1 is 0.875 bits per heavy atom. The van der Waals surface area contributed by atoms with Crippen molar-refractivity contribution in [3.8, 4) is 0 Å². The van der Waals surface area contributed by atoms with E-state index in [0.717, 1.165) is 91.9 Å². The average molecular weight is 546 g/mol. The standard InChI is InChI=1S/C30H45N10/c1-33-28-10-8-24(21-26(28)31)36(3)15-17-39-19-18-38(23-39)13-6-5-7-30-35-12-14-40(30)20-16-37(4)25-9-11-29(34-2)27(32)22-25/h8-12,14,18-19,21-23,33-34H,5-7,13,15-17,20,31-32H2,1-4H3/q+2. The topological polar surface area (TPSA) is 109 Å². The first-order valence-corrected chi connectivity index (χ1v) is 14.0. The van der Waals surface area contributed by atoms with E-state index in [2.05, 4.69) is 90.6 Å². The summed E-state index contributed by atoms with van der Waals surface area (Å²) < 4.78 is 4.51. The number of nitrogens with zero attached hydrogens (tertiary/aromatic N) is 6. The number of hydrogen-bond donors (Lipinski definition) is 4. The maximum Gasteiger partial charge on any atom is 0.298 e. The number of imidazole rings is 1. The van der Waals surface area contributed by atoms with E-state index in [1.54, 1.807) is 0 Å². The molecule has 1 radical (unpaired) electrons. The van der Waals surface area contributed by atoms with Gasteiger partial charge in [0.15, 0.2) is 6.20 Å². The Morgan fingerprint density at radius 2 is 1.50 bits per heavy atom. The van der Waals surface area contributed by atoms with Crippen LogP contribution < -0.4 is 41.5 Å². The highest BCUT2D eigenvalue weighted by atomic mass is 15.2. The van der Waals surface area contributed by atoms with E-state index in [4.69, 9.17) is 11.5 Å². The van der Waals surface area contributed by atoms with Gasteiger partial charge < -0.3 is 31.9 Å². The molecule has 213 valence electrons. The summed E-state index contributed by atoms with van der Waals surface area (Å²) in [6.45, 7) is 4.58. The number of amidine groups is 1. The molecular weight excluding hydrogens is 500 g/mol. The lowest BCUT2D eigenvalue weighted by atomic mass is 10.2. The SMILES string of the molecule is CNc1ccc(N(C)CCN2C=C[N+]=C2CCCC[n+]2ccn(CCN(C)c3ccc(NC)c(N)c3)c2)cc1N. The molecule has 0 bridgehead atoms. The number of nitrogens with two attached hydrogens (primary N) is 2. The molecule has 10 heteroatoms. The number of nitrogen functional groups attached to an aromatic ring is 2. The molecule has 0 saturated heterocycles. The zero-order valence-corrected chi connectivity index (χ0v) is 24.3. The average Bonchev–Trinajstić information content (AvgIpc) is 3.61. The third-order valence-corrected chi connectivity index (χ3v) is 7.48. The molecule has 40 heavy (non-hydrogen) atoms. The van der Waals surface area contributed by atoms with Crippen LogP contribution in [0.3, 0.4) is 0 Å². The minimum absolute atomic E-state index is 0.761. The summed E-state index contributed by atoms with van der Waals surface area (Å²) in [6, 6.07) is 12.3. The van der Waals surface area contributed by atoms with Crippen LogP contribution in [-0.2, 0) is 13.1 Å². The number of aryl methyl sites for hydroxylation is 1. The van der Waals surface area contributed by atoms with Crippen molar-refractivity contribution >= 4 is 40.0 Å². The Bertz CT molecular complexity index is 1310. The van der Waals surface area contributed by atoms with Gasteiger partial charge in [0.2, 0.25) is 6.33 Å². The van der Waals surface area contributed by atoms with Crippen molar-refractivity contribution < 1.29 is 4.57 Å². The monoisotopic (exact) mass is 545 g/mol. The van der Waals surface area contributed by atoms with Crippen molar-refractivity contribution in [2.75, 3.05) is 79.7 Å². The minimum atomic E-state index is 0.761. The molecule has 1 aromatic heterocycles. The number of hydrogen-bond acceptors (Lipinski definition) is 8. The van der Waals surface area contributed by atoms with E-state index in [1.807, 2.05) is 44.6 Å². The molecule has 0 amide bonds. The van der Waals surface area contributed by atoms with Crippen LogP contribution in [0.4, 0.5) is 34.1 Å². The van der Waals surface area contributed by atoms with E-state index in [-0.39, 0.29) is 0 Å². The largest absolute Gasteiger partial charge is 0.397 e. The molecular formula is C30H45N10+2. The van der Waals surface area contributed by atoms with E-state index in [9.17, 15) is 0 Å². The summed E-state index contributed by atoms with van der Waals surface area (Å²) in [5, 5.41) is 6.22. The maximum atomic E-state index is 6.14. The lowest BCUT2D eigenvalue weighted by Gasteiger charge is -2.21. The molecule has 0 unspecified atom stereocenters. The van der Waals surface area contributed by atoms with Crippen molar-refractivity contribution in [3.63, 3.8) is 0 Å². The molecule has 0 saturated carbocycles. The van der Waals surface area contributed by atoms with Crippen molar-refractivity contribution in [3.05, 3.63) is 67.5 Å². The first kappa shape index (κ1) is 28.7. The molecule has 1 aliphatic rings. The van der Waals surface area contributed by atoms with Gasteiger partial charge in [0.25, 0.3) is 5.84 Å². The number of aromatic nitrogens is 2. The summed E-state index contributed by atoms with van der Waals surface area (Å²) >= 11 is 0. The Morgan fingerprint density at radius 3 is 2.10 bits per heavy atom. The summed E-state index contributed by atoms with van der Waals surface area (Å²) in [5.74, 6) is 1.15. The predicted octanol–water partition coefficient (Wildman–Crippen LogP) is 2.99. The Labute approximate surface area is 238 Å². The number of benzene rings is 2. The fraction of sp³-hybridized carbons (Fsp3) is 0.400. The second-order valence-corrected chi connectivity index (χ2v) is 10.3. The lowest BCUT2D eigenvalue weighted by molar-refractivity contribution is -0.696. The van der Waals surface area contributed by atoms with E-state index < -0.39 is 0 Å². The van der Waals surface area contributed by atoms with Gasteiger partial charge in [-0.05, 0) is 49.2 Å². The summed E-state index contributed by atoms with van der Waals surface area (Å²) in [7, 11) is 7.97. The maximum absolute atomic E-state index is 6.14. The highest BCUT2D eigenvalue weighted by Gasteiger charge is 2.23. The van der Waals surface area contributed by atoms with Crippen LogP contribution in [0.25, 0.3) is 0 Å². The number of rotatable bonds is 15. The number of likely N-dealkylation sites (N-methyl/N-ethyl adjacent to an activating group) is 2. The zero-order valence-electron chi connectivity index (χ0n) is 24.3. The van der Waals surface area contributed by atoms with Gasteiger partial charge in [-0.15, -0.1) is 0 Å². The molecule has 3 aromatic rings. The third-order valence-electron chi connectivity index (χ3n) is 7.48. The van der Waals surface area contributed by atoms with Crippen LogP contribution in [0, 0.1) is 0 Å². The van der Waals surface area contributed by atoms with Gasteiger partial charge in [-0.1, -0.05) is 4.99 Å². The molecule has 6 N–H and O–H groups in total. The smallest absolute Gasteiger partial charge is 0.298 e. The van der Waals surface area contributed by atoms with E-state index in [0.29, 0.717) is 0 Å². The third kappa shape index (κ3) is 7.40. The van der Waals surface area contributed by atoms with Gasteiger partial charge >= 0.3 is 0 Å². The second kappa shape index (κ2) is 13.6. The van der Waals surface area contributed by atoms with Crippen LogP contribution in [0.1, 0.15) is 19.3 Å². The molecule has 2 aromatic carbocycles. The van der Waals surface area contributed by atoms with Crippen molar-refractivity contribution in [1.82, 2.24) is 14.5 Å². The Balaban J connectivity index is 1.16. The van der Waals surface area contributed by atoms with Crippen LogP contribution in [0.2, 0.25) is 0 Å². The highest BCUT2D eigenvalue weighted by molar-refractivity contribution is 5.84. The van der Waals surface area contributed by atoms with Gasteiger partial charge in [-0.3, -0.25) is 0 Å². The number of unbranched alkanes of at least 4 members (excludes halogenated alkanes) is 1. The normalized spacial score (nSPS) is 12.5. The number of anilines is 6. The number of nitrogens with one attached hydrogen (secondary N) is 2. The van der Waals surface area contributed by atoms with Gasteiger partial charge in [-0.2, -0.15) is 0 Å². The summed E-state index contributed by atoms with van der Waals surface area (Å²) in [5.41, 5.74) is 17.9. The first-order chi connectivity index (χ1) is 19.4. The number of aliphatic imine (C=N–C) groups is 1. The Kier molecular flexibility index (Phi) is 9.77. The quantitative estimate of drug-likeness (QED) is 0.132. The summed E-state index contributed by atoms with van der Waals surface area (Å²) in [6.07, 6.45) is 13.7. The van der Waals surface area contributed by atoms with Crippen molar-refractivity contribution in [2.24, 2.45) is 0 Å². The lowest BCUT2D eigenvalue weighted by Crippen LogP contribution is -2.34. The van der Waals surface area contributed by atoms with Crippen molar-refractivity contribution in [1.29, 1.82) is 0 Å². The molecule has 4 rings (SSSR count). The van der Waals surface area contributed by atoms with Gasteiger partial charge in [0.05, 0.1) is 48.8 Å². The van der Waals surface area contributed by atoms with Gasteiger partial charge in [-0.25, -0.2) is 14.0 Å². The molecule has 0 aliphatic carbocycles. The highest BCUT2D eigenvalue weighted by Crippen LogP contribution is 2.25. The van der Waals surface area contributed by atoms with Gasteiger partial charge in [0, 0.05) is 39.6 Å². The molecule has 0 spiro atoms. The van der Waals surface area contributed by atoms with Crippen molar-refractivity contribution in [2.45, 2.75) is 32.4 Å². The van der Waals surface area contributed by atoms with Crippen LogP contribution in [0.5, 0.6) is 0 Å². The van der Waals surface area contributed by atoms with E-state index >= 15 is 0 Å². The molecule has 0 atom stereocenters. The van der Waals surface area contributed by atoms with Crippen LogP contribution >= 0.6 is 0 Å². The first-order valence-electron chi connectivity index (χ1n) is 14.0. The molecule has 2 heterocycles. The minimum Gasteiger partial charge on any atom is -0.397 e. The van der Waals surface area contributed by atoms with Gasteiger partial charge in [0.1, 0.15) is 31.7 Å². The van der Waals surface area contributed by atoms with E-state index in [1.165, 1.54) is 0 Å². The van der Waals surface area contributed by atoms with Crippen LogP contribution in [0.15, 0.2) is 67.5 Å². The van der Waals surface area contributed by atoms with Crippen LogP contribution in [-0.4, -0.2) is 63.1 Å².